The first kappa shape index (κ1) is 15.2. The van der Waals surface area contributed by atoms with Crippen molar-refractivity contribution in [2.24, 2.45) is 5.92 Å². The molecule has 2 aromatic rings. The average Bonchev–Trinajstić information content (AvgIpc) is 2.98. The van der Waals surface area contributed by atoms with Gasteiger partial charge in [0.2, 0.25) is 5.91 Å². The highest BCUT2D eigenvalue weighted by Gasteiger charge is 2.29. The number of nitrogens with one attached hydrogen (secondary N) is 1. The lowest BCUT2D eigenvalue weighted by Gasteiger charge is -2.35. The highest BCUT2D eigenvalue weighted by atomic mass is 16.2. The Balaban J connectivity index is 1.48. The summed E-state index contributed by atoms with van der Waals surface area (Å²) < 4.78 is 1.88. The average molecular weight is 325 g/mol. The number of piperidine rings is 1. The van der Waals surface area contributed by atoms with Gasteiger partial charge in [0.15, 0.2) is 0 Å². The number of imidazole rings is 1. The first-order valence-electron chi connectivity index (χ1n) is 8.87. The molecule has 0 saturated carbocycles. The van der Waals surface area contributed by atoms with E-state index in [1.807, 2.05) is 33.7 Å². The van der Waals surface area contributed by atoms with Crippen molar-refractivity contribution in [1.29, 1.82) is 0 Å². The molecule has 1 atom stereocenters. The zero-order valence-electron chi connectivity index (χ0n) is 13.8. The molecule has 1 aromatic heterocycles. The maximum absolute atomic E-state index is 12.6. The Labute approximate surface area is 141 Å². The lowest BCUT2D eigenvalue weighted by molar-refractivity contribution is -0.137. The van der Waals surface area contributed by atoms with Gasteiger partial charge in [0.05, 0.1) is 11.0 Å². The molecule has 24 heavy (non-hydrogen) atoms. The number of para-hydroxylation sites is 2. The van der Waals surface area contributed by atoms with E-state index in [-0.39, 0.29) is 17.6 Å². The van der Waals surface area contributed by atoms with E-state index < -0.39 is 0 Å². The molecular weight excluding hydrogens is 302 g/mol. The Morgan fingerprint density at radius 2 is 1.88 bits per heavy atom. The maximum Gasteiger partial charge on any atom is 0.326 e. The lowest BCUT2D eigenvalue weighted by Crippen LogP contribution is -2.43. The van der Waals surface area contributed by atoms with E-state index in [1.54, 1.807) is 0 Å². The second-order valence-corrected chi connectivity index (χ2v) is 6.86. The number of fused-ring (bicyclic) bond motifs is 1. The van der Waals surface area contributed by atoms with Gasteiger partial charge in [-0.15, -0.1) is 0 Å². The largest absolute Gasteiger partial charge is 0.342 e. The van der Waals surface area contributed by atoms with Crippen molar-refractivity contribution >= 4 is 16.9 Å². The van der Waals surface area contributed by atoms with E-state index in [4.69, 9.17) is 0 Å². The second-order valence-electron chi connectivity index (χ2n) is 6.86. The minimum Gasteiger partial charge on any atom is -0.342 e. The molecule has 5 nitrogen and oxygen atoms in total. The fourth-order valence-electron chi connectivity index (χ4n) is 4.06. The zero-order valence-corrected chi connectivity index (χ0v) is 13.8. The van der Waals surface area contributed by atoms with E-state index in [2.05, 4.69) is 17.1 Å². The number of rotatable bonds is 2. The molecule has 0 radical (unpaired) electrons. The Kier molecular flexibility index (Phi) is 4.00. The van der Waals surface area contributed by atoms with Crippen LogP contribution in [-0.2, 0) is 4.79 Å². The van der Waals surface area contributed by atoms with Crippen molar-refractivity contribution in [3.63, 3.8) is 0 Å². The monoisotopic (exact) mass is 325 g/mol. The smallest absolute Gasteiger partial charge is 0.326 e. The van der Waals surface area contributed by atoms with Crippen LogP contribution in [0.4, 0.5) is 0 Å². The summed E-state index contributed by atoms with van der Waals surface area (Å²) in [5.41, 5.74) is 1.80. The molecule has 2 heterocycles. The first-order valence-corrected chi connectivity index (χ1v) is 8.87. The number of aromatic amines is 1. The standard InChI is InChI=1S/C19H23N3O2/c23-18(14-6-2-1-3-7-14)21-12-10-15(11-13-21)22-17-9-5-4-8-16(17)20-19(22)24/h1-2,4-5,8-9,14-15H,3,6-7,10-13H2,(H,20,24)/t14-/m0/s1. The van der Waals surface area contributed by atoms with Crippen molar-refractivity contribution in [2.45, 2.75) is 38.1 Å². The summed E-state index contributed by atoms with van der Waals surface area (Å²) >= 11 is 0. The molecular formula is C19H23N3O2. The van der Waals surface area contributed by atoms with Crippen LogP contribution in [0, 0.1) is 5.92 Å². The fraction of sp³-hybridized carbons (Fsp3) is 0.474. The lowest BCUT2D eigenvalue weighted by atomic mass is 9.92. The van der Waals surface area contributed by atoms with E-state index in [1.165, 1.54) is 0 Å². The van der Waals surface area contributed by atoms with Gasteiger partial charge in [-0.1, -0.05) is 24.3 Å². The summed E-state index contributed by atoms with van der Waals surface area (Å²) in [5.74, 6) is 0.450. The van der Waals surface area contributed by atoms with Crippen molar-refractivity contribution < 1.29 is 4.79 Å². The van der Waals surface area contributed by atoms with E-state index >= 15 is 0 Å². The normalized spacial score (nSPS) is 22.2. The third-order valence-corrected chi connectivity index (χ3v) is 5.38. The van der Waals surface area contributed by atoms with Crippen molar-refractivity contribution in [3.8, 4) is 0 Å². The molecule has 0 spiro atoms. The molecule has 4 rings (SSSR count). The number of carbonyl (C=O) groups is 1. The van der Waals surface area contributed by atoms with Crippen molar-refractivity contribution in [1.82, 2.24) is 14.5 Å². The molecule has 1 saturated heterocycles. The summed E-state index contributed by atoms with van der Waals surface area (Å²) in [6.07, 6.45) is 8.84. The molecule has 1 fully saturated rings. The van der Waals surface area contributed by atoms with Gasteiger partial charge in [0, 0.05) is 25.0 Å². The minimum atomic E-state index is -0.0432. The molecule has 2 aliphatic rings. The van der Waals surface area contributed by atoms with Gasteiger partial charge < -0.3 is 9.88 Å². The number of hydrogen-bond acceptors (Lipinski definition) is 2. The maximum atomic E-state index is 12.6. The first-order chi connectivity index (χ1) is 11.7. The summed E-state index contributed by atoms with van der Waals surface area (Å²) in [6, 6.07) is 7.98. The van der Waals surface area contributed by atoms with Crippen molar-refractivity contribution in [2.75, 3.05) is 13.1 Å². The number of H-pyrrole nitrogens is 1. The topological polar surface area (TPSA) is 58.1 Å². The number of benzene rings is 1. The zero-order chi connectivity index (χ0) is 16.5. The summed E-state index contributed by atoms with van der Waals surface area (Å²) in [4.78, 5) is 29.9. The highest BCUT2D eigenvalue weighted by Crippen LogP contribution is 2.27. The van der Waals surface area contributed by atoms with Crippen LogP contribution in [0.15, 0.2) is 41.2 Å². The van der Waals surface area contributed by atoms with Crippen LogP contribution < -0.4 is 5.69 Å². The van der Waals surface area contributed by atoms with Gasteiger partial charge in [-0.3, -0.25) is 9.36 Å². The highest BCUT2D eigenvalue weighted by molar-refractivity contribution is 5.79. The molecule has 1 aliphatic carbocycles. The van der Waals surface area contributed by atoms with E-state index in [9.17, 15) is 9.59 Å². The number of allylic oxidation sites excluding steroid dienone is 2. The van der Waals surface area contributed by atoms with Gasteiger partial charge in [0.1, 0.15) is 0 Å². The summed E-state index contributed by atoms with van der Waals surface area (Å²) in [6.45, 7) is 1.49. The molecule has 1 amide bonds. The number of amides is 1. The fourth-order valence-corrected chi connectivity index (χ4v) is 4.06. The quantitative estimate of drug-likeness (QED) is 0.863. The third-order valence-electron chi connectivity index (χ3n) is 5.38. The Morgan fingerprint density at radius 3 is 2.62 bits per heavy atom. The number of hydrogen-bond donors (Lipinski definition) is 1. The molecule has 0 bridgehead atoms. The van der Waals surface area contributed by atoms with Crippen LogP contribution >= 0.6 is 0 Å². The minimum absolute atomic E-state index is 0.0432. The molecule has 126 valence electrons. The Hall–Kier alpha value is -2.30. The van der Waals surface area contributed by atoms with Gasteiger partial charge >= 0.3 is 5.69 Å². The molecule has 1 aliphatic heterocycles. The number of aromatic nitrogens is 2. The van der Waals surface area contributed by atoms with Gasteiger partial charge in [-0.05, 0) is 44.2 Å². The van der Waals surface area contributed by atoms with Crippen LogP contribution in [0.25, 0.3) is 11.0 Å². The second kappa shape index (κ2) is 6.30. The number of likely N-dealkylation sites (tertiary alicyclic amines) is 1. The Morgan fingerprint density at radius 1 is 1.08 bits per heavy atom. The predicted octanol–water partition coefficient (Wildman–Crippen LogP) is 2.85. The van der Waals surface area contributed by atoms with Gasteiger partial charge in [-0.2, -0.15) is 0 Å². The molecule has 0 unspecified atom stereocenters. The summed E-state index contributed by atoms with van der Waals surface area (Å²) in [7, 11) is 0. The van der Waals surface area contributed by atoms with Crippen LogP contribution in [0.1, 0.15) is 38.1 Å². The molecule has 1 aromatic carbocycles. The summed E-state index contributed by atoms with van der Waals surface area (Å²) in [5, 5.41) is 0. The van der Waals surface area contributed by atoms with Gasteiger partial charge in [0.25, 0.3) is 0 Å². The van der Waals surface area contributed by atoms with E-state index in [0.717, 1.165) is 56.2 Å². The molecule has 1 N–H and O–H groups in total. The number of nitrogens with zero attached hydrogens (tertiary/aromatic N) is 2. The van der Waals surface area contributed by atoms with Crippen LogP contribution in [0.5, 0.6) is 0 Å². The third kappa shape index (κ3) is 2.68. The van der Waals surface area contributed by atoms with Crippen molar-refractivity contribution in [3.05, 3.63) is 46.9 Å². The van der Waals surface area contributed by atoms with Crippen LogP contribution in [0.2, 0.25) is 0 Å². The van der Waals surface area contributed by atoms with E-state index in [0.29, 0.717) is 5.91 Å². The Bertz CT molecular complexity index is 824. The van der Waals surface area contributed by atoms with Crippen LogP contribution in [-0.4, -0.2) is 33.4 Å². The SMILES string of the molecule is O=C([C@H]1CC=CCC1)N1CCC(n2c(=O)[nH]c3ccccc32)CC1. The molecule has 5 heteroatoms. The predicted molar refractivity (Wildman–Crippen MR) is 93.9 cm³/mol. The van der Waals surface area contributed by atoms with Crippen LogP contribution in [0.3, 0.4) is 0 Å². The number of carbonyl (C=O) groups excluding carboxylic acids is 1. The van der Waals surface area contributed by atoms with Gasteiger partial charge in [-0.25, -0.2) is 4.79 Å².